The van der Waals surface area contributed by atoms with Gasteiger partial charge in [-0.15, -0.1) is 0 Å². The van der Waals surface area contributed by atoms with Gasteiger partial charge in [-0.25, -0.2) is 8.42 Å². The lowest BCUT2D eigenvalue weighted by atomic mass is 10.2. The van der Waals surface area contributed by atoms with Crippen LogP contribution in [0.5, 0.6) is 5.75 Å². The highest BCUT2D eigenvalue weighted by atomic mass is 35.5. The molecule has 0 aliphatic carbocycles. The van der Waals surface area contributed by atoms with Crippen molar-refractivity contribution in [2.75, 3.05) is 10.6 Å². The number of carbonyl (C=O) groups excluding carboxylic acids is 2. The molecule has 4 N–H and O–H groups in total. The maximum atomic E-state index is 12.9. The molecule has 166 valence electrons. The number of hydrogen-bond acceptors (Lipinski definition) is 7. The van der Waals surface area contributed by atoms with Gasteiger partial charge in [0, 0.05) is 6.07 Å². The van der Waals surface area contributed by atoms with Gasteiger partial charge in [0.05, 0.1) is 21.3 Å². The van der Waals surface area contributed by atoms with Crippen LogP contribution in [-0.2, 0) is 19.4 Å². The molecule has 0 heterocycles. The van der Waals surface area contributed by atoms with Crippen molar-refractivity contribution >= 4 is 50.3 Å². The molecule has 11 heteroatoms. The highest BCUT2D eigenvalue weighted by Gasteiger charge is 2.33. The minimum absolute atomic E-state index is 0.0134. The molecule has 2 aromatic rings. The highest BCUT2D eigenvalue weighted by Crippen LogP contribution is 2.34. The van der Waals surface area contributed by atoms with Crippen molar-refractivity contribution in [3.05, 3.63) is 47.0 Å². The average molecular weight is 468 g/mol. The molecule has 0 aliphatic rings. The Morgan fingerprint density at radius 2 is 1.74 bits per heavy atom. The number of benzene rings is 2. The molecular weight excluding hydrogens is 446 g/mol. The number of carbonyl (C=O) groups is 2. The number of aryl methyl sites for hydroxylation is 1. The summed E-state index contributed by atoms with van der Waals surface area (Å²) in [7, 11) is -3.96. The topological polar surface area (TPSA) is 145 Å². The first kappa shape index (κ1) is 24.2. The van der Waals surface area contributed by atoms with E-state index in [1.165, 1.54) is 25.1 Å². The number of hydrogen-bond donors (Lipinski definition) is 4. The van der Waals surface area contributed by atoms with Crippen LogP contribution in [0.1, 0.15) is 25.8 Å². The van der Waals surface area contributed by atoms with Crippen molar-refractivity contribution in [1.82, 2.24) is 0 Å². The molecule has 0 fully saturated rings. The third-order valence-corrected chi connectivity index (χ3v) is 7.00. The Kier molecular flexibility index (Phi) is 7.64. The summed E-state index contributed by atoms with van der Waals surface area (Å²) in [6.07, 6.45) is 0.0134. The van der Waals surface area contributed by atoms with Crippen LogP contribution in [0.25, 0.3) is 0 Å². The Morgan fingerprint density at radius 1 is 1.13 bits per heavy atom. The lowest BCUT2D eigenvalue weighted by molar-refractivity contribution is -0.116. The number of sulfone groups is 1. The quantitative estimate of drug-likeness (QED) is 0.212. The van der Waals surface area contributed by atoms with E-state index in [-0.39, 0.29) is 33.4 Å². The van der Waals surface area contributed by atoms with Crippen LogP contribution in [-0.4, -0.2) is 41.5 Å². The number of phenols is 1. The summed E-state index contributed by atoms with van der Waals surface area (Å²) >= 11 is 6.13. The Hall–Kier alpha value is -3.11. The molecule has 31 heavy (non-hydrogen) atoms. The van der Waals surface area contributed by atoms with E-state index in [0.29, 0.717) is 0 Å². The predicted octanol–water partition coefficient (Wildman–Crippen LogP) is 3.33. The van der Waals surface area contributed by atoms with Gasteiger partial charge in [0.2, 0.25) is 5.91 Å². The van der Waals surface area contributed by atoms with Crippen LogP contribution in [0, 0.1) is 6.92 Å². The molecule has 0 saturated heterocycles. The van der Waals surface area contributed by atoms with Crippen molar-refractivity contribution in [1.29, 1.82) is 0 Å². The van der Waals surface area contributed by atoms with Crippen LogP contribution in [0.15, 0.2) is 46.4 Å². The van der Waals surface area contributed by atoms with E-state index in [1.54, 1.807) is 19.1 Å². The standard InChI is InChI=1S/C20H22ClN3O6S/c1-4-18(31(29,30)13-7-5-11(2)6-8-13)20(27)22-15-10-17(25)16(9-14(15)21)23-19(26)12(3)24-28/h5-10,18,25,28H,4H2,1-3H3,(H,22,27)(H,23,26)/b24-12+. The van der Waals surface area contributed by atoms with Crippen molar-refractivity contribution in [3.8, 4) is 5.75 Å². The normalized spacial score (nSPS) is 12.8. The predicted molar refractivity (Wildman–Crippen MR) is 118 cm³/mol. The average Bonchev–Trinajstić information content (AvgIpc) is 2.71. The Bertz CT molecular complexity index is 1130. The number of amides is 2. The van der Waals surface area contributed by atoms with Gasteiger partial charge >= 0.3 is 0 Å². The lowest BCUT2D eigenvalue weighted by Crippen LogP contribution is -2.34. The molecule has 0 aliphatic heterocycles. The van der Waals surface area contributed by atoms with E-state index in [4.69, 9.17) is 16.8 Å². The Morgan fingerprint density at radius 3 is 2.29 bits per heavy atom. The molecule has 1 atom stereocenters. The summed E-state index contributed by atoms with van der Waals surface area (Å²) < 4.78 is 25.8. The molecule has 0 saturated carbocycles. The van der Waals surface area contributed by atoms with Gasteiger partial charge in [-0.05, 0) is 38.5 Å². The van der Waals surface area contributed by atoms with Gasteiger partial charge in [0.25, 0.3) is 5.91 Å². The van der Waals surface area contributed by atoms with Gasteiger partial charge in [-0.3, -0.25) is 9.59 Å². The number of nitrogens with one attached hydrogen (secondary N) is 2. The molecule has 0 spiro atoms. The number of aromatic hydroxyl groups is 1. The van der Waals surface area contributed by atoms with E-state index < -0.39 is 32.7 Å². The van der Waals surface area contributed by atoms with Crippen LogP contribution in [0.3, 0.4) is 0 Å². The second-order valence-electron chi connectivity index (χ2n) is 6.73. The smallest absolute Gasteiger partial charge is 0.273 e. The largest absolute Gasteiger partial charge is 0.506 e. The van der Waals surface area contributed by atoms with Crippen LogP contribution >= 0.6 is 11.6 Å². The van der Waals surface area contributed by atoms with Gasteiger partial charge in [-0.1, -0.05) is 41.4 Å². The summed E-state index contributed by atoms with van der Waals surface area (Å²) in [5.74, 6) is -2.03. The summed E-state index contributed by atoms with van der Waals surface area (Å²) in [4.78, 5) is 24.5. The third kappa shape index (κ3) is 5.53. The third-order valence-electron chi connectivity index (χ3n) is 4.46. The number of anilines is 2. The summed E-state index contributed by atoms with van der Waals surface area (Å²) in [6, 6.07) is 8.41. The van der Waals surface area contributed by atoms with Gasteiger partial charge in [-0.2, -0.15) is 0 Å². The first-order valence-electron chi connectivity index (χ1n) is 9.15. The van der Waals surface area contributed by atoms with Gasteiger partial charge in [0.1, 0.15) is 16.7 Å². The van der Waals surface area contributed by atoms with Gasteiger partial charge in [0.15, 0.2) is 9.84 Å². The fraction of sp³-hybridized carbons (Fsp3) is 0.250. The van der Waals surface area contributed by atoms with E-state index in [2.05, 4.69) is 15.8 Å². The SMILES string of the molecule is CCC(C(=O)Nc1cc(O)c(NC(=O)/C(C)=N/O)cc1Cl)S(=O)(=O)c1ccc(C)cc1. The minimum Gasteiger partial charge on any atom is -0.506 e. The van der Waals surface area contributed by atoms with E-state index in [0.717, 1.165) is 11.6 Å². The Labute approximate surface area is 184 Å². The zero-order valence-electron chi connectivity index (χ0n) is 17.0. The van der Waals surface area contributed by atoms with E-state index >= 15 is 0 Å². The molecule has 9 nitrogen and oxygen atoms in total. The van der Waals surface area contributed by atoms with Crippen molar-refractivity contribution in [2.45, 2.75) is 37.3 Å². The first-order chi connectivity index (χ1) is 14.5. The molecular formula is C20H22ClN3O6S. The molecule has 0 bridgehead atoms. The lowest BCUT2D eigenvalue weighted by Gasteiger charge is -2.17. The molecule has 2 aromatic carbocycles. The number of halogens is 1. The second-order valence-corrected chi connectivity index (χ2v) is 9.27. The zero-order valence-corrected chi connectivity index (χ0v) is 18.6. The molecule has 2 rings (SSSR count). The van der Waals surface area contributed by atoms with Crippen molar-refractivity contribution in [2.24, 2.45) is 5.16 Å². The summed E-state index contributed by atoms with van der Waals surface area (Å²) in [5.41, 5.74) is 0.508. The zero-order chi connectivity index (χ0) is 23.3. The van der Waals surface area contributed by atoms with Gasteiger partial charge < -0.3 is 20.9 Å². The van der Waals surface area contributed by atoms with E-state index in [9.17, 15) is 23.1 Å². The molecule has 0 aromatic heterocycles. The Balaban J connectivity index is 2.28. The maximum Gasteiger partial charge on any atom is 0.273 e. The number of phenolic OH excluding ortho intramolecular Hbond substituents is 1. The highest BCUT2D eigenvalue weighted by molar-refractivity contribution is 7.92. The van der Waals surface area contributed by atoms with E-state index in [1.807, 2.05) is 6.92 Å². The van der Waals surface area contributed by atoms with Crippen LogP contribution in [0.2, 0.25) is 5.02 Å². The maximum absolute atomic E-state index is 12.9. The number of oxime groups is 1. The summed E-state index contributed by atoms with van der Waals surface area (Å²) in [5, 5.41) is 24.8. The minimum atomic E-state index is -3.96. The van der Waals surface area contributed by atoms with Crippen LogP contribution < -0.4 is 10.6 Å². The van der Waals surface area contributed by atoms with Crippen molar-refractivity contribution < 1.29 is 28.3 Å². The molecule has 1 unspecified atom stereocenters. The number of nitrogens with zero attached hydrogens (tertiary/aromatic N) is 1. The fourth-order valence-corrected chi connectivity index (χ4v) is 4.50. The van der Waals surface area contributed by atoms with Crippen LogP contribution in [0.4, 0.5) is 11.4 Å². The monoisotopic (exact) mass is 467 g/mol. The van der Waals surface area contributed by atoms with Crippen molar-refractivity contribution in [3.63, 3.8) is 0 Å². The molecule has 2 amide bonds. The fourth-order valence-electron chi connectivity index (χ4n) is 2.67. The first-order valence-corrected chi connectivity index (χ1v) is 11.1. The second kappa shape index (κ2) is 9.80. The molecule has 0 radical (unpaired) electrons. The summed E-state index contributed by atoms with van der Waals surface area (Å²) in [6.45, 7) is 4.64. The number of rotatable bonds is 7.